The Morgan fingerprint density at radius 1 is 0.955 bits per heavy atom. The number of aromatic nitrogens is 2. The van der Waals surface area contributed by atoms with Gasteiger partial charge in [-0.3, -0.25) is 0 Å². The van der Waals surface area contributed by atoms with E-state index >= 15 is 0 Å². The zero-order valence-corrected chi connectivity index (χ0v) is 14.5. The molecule has 0 spiro atoms. The van der Waals surface area contributed by atoms with Crippen LogP contribution in [0.1, 0.15) is 22.6 Å². The molecule has 5 heteroatoms. The van der Waals surface area contributed by atoms with Crippen LogP contribution in [0.15, 0.2) is 62.6 Å². The van der Waals surface area contributed by atoms with Gasteiger partial charge in [-0.05, 0) is 30.2 Å². The topological polar surface area (TPSA) is 38.9 Å². The van der Waals surface area contributed by atoms with Gasteiger partial charge in [0.1, 0.15) is 0 Å². The Morgan fingerprint density at radius 3 is 2.36 bits per heavy atom. The smallest absolute Gasteiger partial charge is 0.276 e. The second-order valence-electron chi connectivity index (χ2n) is 5.04. The zero-order valence-electron chi connectivity index (χ0n) is 12.1. The lowest BCUT2D eigenvalue weighted by atomic mass is 10.2. The molecule has 0 fully saturated rings. The van der Waals surface area contributed by atoms with E-state index in [1.54, 1.807) is 11.8 Å². The minimum absolute atomic E-state index is 0.618. The maximum Gasteiger partial charge on any atom is 0.276 e. The third-order valence-corrected chi connectivity index (χ3v) is 4.62. The molecule has 2 aromatic carbocycles. The minimum atomic E-state index is 0.618. The monoisotopic (exact) mass is 374 g/mol. The molecule has 3 nitrogen and oxygen atoms in total. The summed E-state index contributed by atoms with van der Waals surface area (Å²) in [7, 11) is 0. The molecule has 0 saturated carbocycles. The summed E-state index contributed by atoms with van der Waals surface area (Å²) in [5, 5.41) is 8.83. The Kier molecular flexibility index (Phi) is 4.95. The highest BCUT2D eigenvalue weighted by atomic mass is 79.9. The largest absolute Gasteiger partial charge is 0.416 e. The molecule has 3 aromatic rings. The number of nitrogens with zero attached hydrogens (tertiary/aromatic N) is 2. The molecular weight excluding hydrogens is 360 g/mol. The quantitative estimate of drug-likeness (QED) is 0.587. The van der Waals surface area contributed by atoms with E-state index in [-0.39, 0.29) is 0 Å². The van der Waals surface area contributed by atoms with E-state index in [0.717, 1.165) is 15.8 Å². The third-order valence-electron chi connectivity index (χ3n) is 3.20. The van der Waals surface area contributed by atoms with E-state index in [0.29, 0.717) is 17.5 Å². The van der Waals surface area contributed by atoms with Crippen molar-refractivity contribution < 1.29 is 4.42 Å². The molecule has 0 amide bonds. The van der Waals surface area contributed by atoms with Crippen LogP contribution in [-0.4, -0.2) is 10.2 Å². The van der Waals surface area contributed by atoms with E-state index in [1.165, 1.54) is 11.1 Å². The lowest BCUT2D eigenvalue weighted by molar-refractivity contribution is 0.420. The fraction of sp³-hybridized carbons (Fsp3) is 0.176. The van der Waals surface area contributed by atoms with Crippen LogP contribution >= 0.6 is 27.7 Å². The maximum atomic E-state index is 5.69. The molecule has 0 N–H and O–H groups in total. The fourth-order valence-corrected chi connectivity index (χ4v) is 2.97. The maximum absolute atomic E-state index is 5.69. The van der Waals surface area contributed by atoms with Gasteiger partial charge in [0.2, 0.25) is 5.89 Å². The highest BCUT2D eigenvalue weighted by molar-refractivity contribution is 9.10. The molecule has 0 atom stereocenters. The first-order chi connectivity index (χ1) is 10.7. The average Bonchev–Trinajstić information content (AvgIpc) is 2.97. The highest BCUT2D eigenvalue weighted by Crippen LogP contribution is 2.22. The standard InChI is InChI=1S/C17H15BrN2OS/c1-12-2-4-14(5-3-12)11-22-17-20-19-16(21-17)10-13-6-8-15(18)9-7-13/h2-9H,10-11H2,1H3. The molecule has 0 aliphatic heterocycles. The molecule has 0 radical (unpaired) electrons. The van der Waals surface area contributed by atoms with Gasteiger partial charge in [0.25, 0.3) is 5.22 Å². The van der Waals surface area contributed by atoms with Crippen LogP contribution < -0.4 is 0 Å². The summed E-state index contributed by atoms with van der Waals surface area (Å²) >= 11 is 4.99. The van der Waals surface area contributed by atoms with Crippen molar-refractivity contribution in [2.75, 3.05) is 0 Å². The van der Waals surface area contributed by atoms with Crippen LogP contribution in [0.4, 0.5) is 0 Å². The van der Waals surface area contributed by atoms with Crippen molar-refractivity contribution in [2.24, 2.45) is 0 Å². The van der Waals surface area contributed by atoms with E-state index in [9.17, 15) is 0 Å². The van der Waals surface area contributed by atoms with E-state index < -0.39 is 0 Å². The Hall–Kier alpha value is -1.59. The molecule has 0 unspecified atom stereocenters. The van der Waals surface area contributed by atoms with Gasteiger partial charge >= 0.3 is 0 Å². The fourth-order valence-electron chi connectivity index (χ4n) is 1.97. The molecule has 3 rings (SSSR count). The Bertz CT molecular complexity index is 738. The van der Waals surface area contributed by atoms with Gasteiger partial charge in [0.15, 0.2) is 0 Å². The number of hydrogen-bond acceptors (Lipinski definition) is 4. The first-order valence-electron chi connectivity index (χ1n) is 6.94. The van der Waals surface area contributed by atoms with Crippen LogP contribution in [0.25, 0.3) is 0 Å². The summed E-state index contributed by atoms with van der Waals surface area (Å²) in [6, 6.07) is 16.6. The van der Waals surface area contributed by atoms with Crippen molar-refractivity contribution in [3.05, 3.63) is 75.6 Å². The van der Waals surface area contributed by atoms with Gasteiger partial charge in [-0.25, -0.2) is 0 Å². The van der Waals surface area contributed by atoms with Gasteiger partial charge in [-0.1, -0.05) is 69.7 Å². The van der Waals surface area contributed by atoms with Crippen molar-refractivity contribution in [3.63, 3.8) is 0 Å². The Labute approximate surface area is 142 Å². The molecule has 0 aliphatic rings. The van der Waals surface area contributed by atoms with Crippen LogP contribution in [0.5, 0.6) is 0 Å². The number of rotatable bonds is 5. The highest BCUT2D eigenvalue weighted by Gasteiger charge is 2.08. The predicted molar refractivity (Wildman–Crippen MR) is 92.0 cm³/mol. The summed E-state index contributed by atoms with van der Waals surface area (Å²) in [5.74, 6) is 1.48. The zero-order chi connectivity index (χ0) is 15.4. The van der Waals surface area contributed by atoms with Gasteiger partial charge in [0, 0.05) is 10.2 Å². The Balaban J connectivity index is 1.59. The van der Waals surface area contributed by atoms with E-state index in [1.807, 2.05) is 24.3 Å². The van der Waals surface area contributed by atoms with E-state index in [4.69, 9.17) is 4.42 Å². The van der Waals surface area contributed by atoms with E-state index in [2.05, 4.69) is 57.3 Å². The molecule has 1 aromatic heterocycles. The summed E-state index contributed by atoms with van der Waals surface area (Å²) in [6.07, 6.45) is 0.658. The summed E-state index contributed by atoms with van der Waals surface area (Å²) in [5.41, 5.74) is 3.67. The Morgan fingerprint density at radius 2 is 1.64 bits per heavy atom. The number of benzene rings is 2. The van der Waals surface area contributed by atoms with Gasteiger partial charge in [-0.15, -0.1) is 10.2 Å². The number of thioether (sulfide) groups is 1. The number of aryl methyl sites for hydroxylation is 1. The third kappa shape index (κ3) is 4.21. The SMILES string of the molecule is Cc1ccc(CSc2nnc(Cc3ccc(Br)cc3)o2)cc1. The van der Waals surface area contributed by atoms with Gasteiger partial charge in [-0.2, -0.15) is 0 Å². The second-order valence-corrected chi connectivity index (χ2v) is 6.88. The normalized spacial score (nSPS) is 10.8. The molecule has 0 saturated heterocycles. The van der Waals surface area contributed by atoms with Gasteiger partial charge < -0.3 is 4.42 Å². The average molecular weight is 375 g/mol. The van der Waals surface area contributed by atoms with Crippen LogP contribution in [0.3, 0.4) is 0 Å². The molecule has 0 bridgehead atoms. The molecule has 0 aliphatic carbocycles. The first kappa shape index (κ1) is 15.3. The van der Waals surface area contributed by atoms with Crippen LogP contribution in [-0.2, 0) is 12.2 Å². The van der Waals surface area contributed by atoms with Crippen molar-refractivity contribution in [1.82, 2.24) is 10.2 Å². The number of hydrogen-bond donors (Lipinski definition) is 0. The van der Waals surface area contributed by atoms with Gasteiger partial charge in [0.05, 0.1) is 6.42 Å². The summed E-state index contributed by atoms with van der Waals surface area (Å²) in [4.78, 5) is 0. The predicted octanol–water partition coefficient (Wildman–Crippen LogP) is 5.02. The molecule has 22 heavy (non-hydrogen) atoms. The van der Waals surface area contributed by atoms with Crippen molar-refractivity contribution >= 4 is 27.7 Å². The minimum Gasteiger partial charge on any atom is -0.416 e. The van der Waals surface area contributed by atoms with Crippen molar-refractivity contribution in [1.29, 1.82) is 0 Å². The lowest BCUT2D eigenvalue weighted by Gasteiger charge is -1.99. The number of halogens is 1. The second kappa shape index (κ2) is 7.11. The molecule has 112 valence electrons. The molecular formula is C17H15BrN2OS. The first-order valence-corrected chi connectivity index (χ1v) is 8.72. The van der Waals surface area contributed by atoms with Crippen molar-refractivity contribution in [3.8, 4) is 0 Å². The van der Waals surface area contributed by atoms with Crippen molar-refractivity contribution in [2.45, 2.75) is 24.3 Å². The summed E-state index contributed by atoms with van der Waals surface area (Å²) < 4.78 is 6.76. The van der Waals surface area contributed by atoms with Crippen LogP contribution in [0, 0.1) is 6.92 Å². The van der Waals surface area contributed by atoms with Crippen LogP contribution in [0.2, 0.25) is 0 Å². The molecule has 1 heterocycles. The lowest BCUT2D eigenvalue weighted by Crippen LogP contribution is -1.87. The summed E-state index contributed by atoms with van der Waals surface area (Å²) in [6.45, 7) is 2.09.